The number of carbonyl (C=O) groups is 1. The molecule has 0 saturated carbocycles. The molecule has 1 spiro atoms. The number of hydrogen-bond donors (Lipinski definition) is 1. The van der Waals surface area contributed by atoms with Crippen LogP contribution in [0.5, 0.6) is 0 Å². The summed E-state index contributed by atoms with van der Waals surface area (Å²) >= 11 is 13.9. The van der Waals surface area contributed by atoms with Crippen LogP contribution in [0.25, 0.3) is 0 Å². The molecule has 0 amide bonds. The van der Waals surface area contributed by atoms with Gasteiger partial charge in [-0.1, -0.05) is 41.0 Å². The predicted octanol–water partition coefficient (Wildman–Crippen LogP) is 4.92. The van der Waals surface area contributed by atoms with Gasteiger partial charge in [0.1, 0.15) is 5.03 Å². The topological polar surface area (TPSA) is 99.2 Å². The van der Waals surface area contributed by atoms with Gasteiger partial charge in [-0.2, -0.15) is 5.10 Å². The summed E-state index contributed by atoms with van der Waals surface area (Å²) in [5, 5.41) is 5.90. The Kier molecular flexibility index (Phi) is 6.69. The number of halogens is 2. The van der Waals surface area contributed by atoms with Crippen molar-refractivity contribution in [1.82, 2.24) is 19.7 Å². The molecule has 5 rings (SSSR count). The number of anilines is 1. The van der Waals surface area contributed by atoms with Gasteiger partial charge in [-0.05, 0) is 44.9 Å². The Balaban J connectivity index is 1.43. The van der Waals surface area contributed by atoms with Crippen LogP contribution < -0.4 is 10.6 Å². The van der Waals surface area contributed by atoms with Crippen molar-refractivity contribution < 1.29 is 9.53 Å². The van der Waals surface area contributed by atoms with Crippen molar-refractivity contribution in [2.75, 3.05) is 24.6 Å². The molecule has 2 aliphatic rings. The molecular formula is C24H26Cl2N6O2S. The van der Waals surface area contributed by atoms with E-state index in [2.05, 4.69) is 10.00 Å². The van der Waals surface area contributed by atoms with E-state index in [0.717, 1.165) is 30.0 Å². The zero-order valence-electron chi connectivity index (χ0n) is 19.5. The third-order valence-electron chi connectivity index (χ3n) is 6.85. The third-order valence-corrected chi connectivity index (χ3v) is 8.92. The van der Waals surface area contributed by atoms with Crippen molar-refractivity contribution in [1.29, 1.82) is 0 Å². The highest BCUT2D eigenvalue weighted by atomic mass is 35.5. The summed E-state index contributed by atoms with van der Waals surface area (Å²) < 4.78 is 7.35. The van der Waals surface area contributed by atoms with E-state index in [0.29, 0.717) is 39.7 Å². The lowest BCUT2D eigenvalue weighted by molar-refractivity contribution is 0.0518. The van der Waals surface area contributed by atoms with E-state index in [1.807, 2.05) is 29.8 Å². The number of nitrogens with two attached hydrogens (primary N) is 1. The summed E-state index contributed by atoms with van der Waals surface area (Å²) in [6, 6.07) is 7.36. The van der Waals surface area contributed by atoms with Crippen LogP contribution in [-0.2, 0) is 11.3 Å². The van der Waals surface area contributed by atoms with Crippen LogP contribution in [0.2, 0.25) is 10.0 Å². The van der Waals surface area contributed by atoms with Gasteiger partial charge < -0.3 is 15.4 Å². The van der Waals surface area contributed by atoms with Crippen molar-refractivity contribution in [2.45, 2.75) is 49.2 Å². The number of rotatable bonds is 5. The number of aryl methyl sites for hydroxylation is 1. The van der Waals surface area contributed by atoms with Crippen molar-refractivity contribution in [3.05, 3.63) is 57.6 Å². The van der Waals surface area contributed by atoms with Gasteiger partial charge in [-0.3, -0.25) is 4.68 Å². The standard InChI is InChI=1S/C24H26Cl2N6O2S/c1-3-34-23(33)19-21(29-14(2)22(30-19)35-17-6-4-5-15(25)18(17)26)31-11-8-24(9-12-31)13-32-16(20(24)27)7-10-28-32/h4-7,10,20H,3,8-9,11-13,27H2,1-2H3/t20-/m0/s1. The highest BCUT2D eigenvalue weighted by Gasteiger charge is 2.47. The Morgan fingerprint density at radius 1 is 1.26 bits per heavy atom. The number of ether oxygens (including phenoxy) is 1. The zero-order valence-corrected chi connectivity index (χ0v) is 21.8. The average molecular weight is 533 g/mol. The van der Waals surface area contributed by atoms with Crippen molar-refractivity contribution >= 4 is 46.8 Å². The van der Waals surface area contributed by atoms with E-state index < -0.39 is 5.97 Å². The van der Waals surface area contributed by atoms with E-state index in [1.165, 1.54) is 11.8 Å². The number of carbonyl (C=O) groups excluding carboxylic acids is 1. The summed E-state index contributed by atoms with van der Waals surface area (Å²) in [7, 11) is 0. The highest BCUT2D eigenvalue weighted by molar-refractivity contribution is 7.99. The summed E-state index contributed by atoms with van der Waals surface area (Å²) in [5.74, 6) is 0.0497. The second-order valence-electron chi connectivity index (χ2n) is 8.90. The molecule has 184 valence electrons. The van der Waals surface area contributed by atoms with Crippen LogP contribution in [0.3, 0.4) is 0 Å². The Labute approximate surface area is 218 Å². The molecule has 8 nitrogen and oxygen atoms in total. The molecule has 3 aromatic rings. The van der Waals surface area contributed by atoms with Gasteiger partial charge >= 0.3 is 5.97 Å². The van der Waals surface area contributed by atoms with Gasteiger partial charge in [-0.15, -0.1) is 0 Å². The lowest BCUT2D eigenvalue weighted by atomic mass is 9.73. The van der Waals surface area contributed by atoms with Gasteiger partial charge in [0, 0.05) is 36.1 Å². The molecule has 2 aromatic heterocycles. The minimum absolute atomic E-state index is 0.0359. The highest BCUT2D eigenvalue weighted by Crippen LogP contribution is 2.48. The molecule has 0 aliphatic carbocycles. The second kappa shape index (κ2) is 9.61. The average Bonchev–Trinajstić information content (AvgIpc) is 3.39. The Bertz CT molecular complexity index is 1270. The fourth-order valence-corrected chi connectivity index (χ4v) is 6.25. The Morgan fingerprint density at radius 2 is 2.03 bits per heavy atom. The largest absolute Gasteiger partial charge is 0.461 e. The third kappa shape index (κ3) is 4.39. The van der Waals surface area contributed by atoms with E-state index in [-0.39, 0.29) is 23.8 Å². The van der Waals surface area contributed by atoms with Crippen LogP contribution in [-0.4, -0.2) is 45.4 Å². The van der Waals surface area contributed by atoms with Gasteiger partial charge in [-0.25, -0.2) is 14.8 Å². The minimum Gasteiger partial charge on any atom is -0.461 e. The maximum atomic E-state index is 12.9. The van der Waals surface area contributed by atoms with Gasteiger partial charge in [0.2, 0.25) is 0 Å². The van der Waals surface area contributed by atoms with Crippen LogP contribution >= 0.6 is 35.0 Å². The first-order valence-corrected chi connectivity index (χ1v) is 13.1. The molecule has 0 unspecified atom stereocenters. The first-order chi connectivity index (χ1) is 16.8. The number of piperidine rings is 1. The van der Waals surface area contributed by atoms with Crippen molar-refractivity contribution in [3.63, 3.8) is 0 Å². The van der Waals surface area contributed by atoms with Gasteiger partial charge in [0.25, 0.3) is 0 Å². The molecular weight excluding hydrogens is 507 g/mol. The molecule has 2 N–H and O–H groups in total. The van der Waals surface area contributed by atoms with E-state index in [4.69, 9.17) is 43.6 Å². The molecule has 0 bridgehead atoms. The predicted molar refractivity (Wildman–Crippen MR) is 136 cm³/mol. The fourth-order valence-electron chi connectivity index (χ4n) is 4.90. The SMILES string of the molecule is CCOC(=O)c1nc(Sc2cccc(Cl)c2Cl)c(C)nc1N1CCC2(CC1)Cn1nccc1[C@@H]2N. The molecule has 4 heterocycles. The number of aromatic nitrogens is 4. The molecule has 2 aliphatic heterocycles. The summed E-state index contributed by atoms with van der Waals surface area (Å²) in [5.41, 5.74) is 8.59. The number of benzene rings is 1. The van der Waals surface area contributed by atoms with Gasteiger partial charge in [0.15, 0.2) is 11.5 Å². The maximum Gasteiger partial charge on any atom is 0.360 e. The molecule has 1 atom stereocenters. The van der Waals surface area contributed by atoms with Crippen LogP contribution in [0.4, 0.5) is 5.82 Å². The van der Waals surface area contributed by atoms with Crippen LogP contribution in [0.15, 0.2) is 40.4 Å². The molecule has 35 heavy (non-hydrogen) atoms. The number of fused-ring (bicyclic) bond motifs is 1. The molecule has 1 fully saturated rings. The second-order valence-corrected chi connectivity index (χ2v) is 10.7. The lowest BCUT2D eigenvalue weighted by Gasteiger charge is -2.42. The maximum absolute atomic E-state index is 12.9. The monoisotopic (exact) mass is 532 g/mol. The van der Waals surface area contributed by atoms with E-state index >= 15 is 0 Å². The van der Waals surface area contributed by atoms with E-state index in [9.17, 15) is 4.79 Å². The molecule has 1 aromatic carbocycles. The fraction of sp³-hybridized carbons (Fsp3) is 0.417. The first-order valence-electron chi connectivity index (χ1n) is 11.5. The minimum atomic E-state index is -0.493. The first kappa shape index (κ1) is 24.4. The Hall–Kier alpha value is -2.33. The molecule has 11 heteroatoms. The number of esters is 1. The number of nitrogens with zero attached hydrogens (tertiary/aromatic N) is 5. The lowest BCUT2D eigenvalue weighted by Crippen LogP contribution is -2.45. The summed E-state index contributed by atoms with van der Waals surface area (Å²) in [6.07, 6.45) is 3.54. The quantitative estimate of drug-likeness (QED) is 0.462. The normalized spacial score (nSPS) is 18.7. The Morgan fingerprint density at radius 3 is 2.74 bits per heavy atom. The number of hydrogen-bond acceptors (Lipinski definition) is 8. The van der Waals surface area contributed by atoms with Crippen LogP contribution in [0.1, 0.15) is 47.7 Å². The van der Waals surface area contributed by atoms with Gasteiger partial charge in [0.05, 0.1) is 34.1 Å². The zero-order chi connectivity index (χ0) is 24.7. The summed E-state index contributed by atoms with van der Waals surface area (Å²) in [6.45, 7) is 6.15. The molecule has 1 saturated heterocycles. The van der Waals surface area contributed by atoms with Crippen LogP contribution in [0, 0.1) is 12.3 Å². The molecule has 0 radical (unpaired) electrons. The summed E-state index contributed by atoms with van der Waals surface area (Å²) in [4.78, 5) is 25.3. The van der Waals surface area contributed by atoms with Crippen molar-refractivity contribution in [3.8, 4) is 0 Å². The van der Waals surface area contributed by atoms with Crippen molar-refractivity contribution in [2.24, 2.45) is 11.1 Å². The van der Waals surface area contributed by atoms with E-state index in [1.54, 1.807) is 19.2 Å². The smallest absolute Gasteiger partial charge is 0.360 e.